The molecular weight excluding hydrogens is 432 g/mol. The quantitative estimate of drug-likeness (QED) is 0.464. The van der Waals surface area contributed by atoms with Crippen molar-refractivity contribution in [1.82, 2.24) is 5.32 Å². The Morgan fingerprint density at radius 1 is 0.968 bits per heavy atom. The SMILES string of the molecule is CSc1ccc([C@@H](C)NC(=O)COc2ccc(S(=O)(=O)Nc3ccccc3)cc2)cc1. The first-order chi connectivity index (χ1) is 14.9. The number of carbonyl (C=O) groups excluding carboxylic acids is 1. The molecule has 0 aliphatic carbocycles. The van der Waals surface area contributed by atoms with Gasteiger partial charge in [-0.1, -0.05) is 30.3 Å². The van der Waals surface area contributed by atoms with Crippen LogP contribution in [0.4, 0.5) is 5.69 Å². The number of amides is 1. The summed E-state index contributed by atoms with van der Waals surface area (Å²) in [5, 5.41) is 2.89. The molecule has 0 saturated heterocycles. The predicted octanol–water partition coefficient (Wildman–Crippen LogP) is 4.47. The molecule has 3 rings (SSSR count). The summed E-state index contributed by atoms with van der Waals surface area (Å²) < 4.78 is 32.9. The fraction of sp³-hybridized carbons (Fsp3) is 0.174. The van der Waals surface area contributed by atoms with E-state index >= 15 is 0 Å². The van der Waals surface area contributed by atoms with Gasteiger partial charge in [-0.15, -0.1) is 11.8 Å². The first kappa shape index (κ1) is 22.7. The zero-order chi connectivity index (χ0) is 22.3. The van der Waals surface area contributed by atoms with E-state index in [1.807, 2.05) is 43.5 Å². The lowest BCUT2D eigenvalue weighted by molar-refractivity contribution is -0.123. The van der Waals surface area contributed by atoms with Gasteiger partial charge in [-0.25, -0.2) is 8.42 Å². The minimum atomic E-state index is -3.70. The third-order valence-corrected chi connectivity index (χ3v) is 6.66. The van der Waals surface area contributed by atoms with Crippen molar-refractivity contribution < 1.29 is 17.9 Å². The molecule has 0 radical (unpaired) electrons. The number of carbonyl (C=O) groups is 1. The van der Waals surface area contributed by atoms with E-state index in [1.165, 1.54) is 24.3 Å². The first-order valence-electron chi connectivity index (χ1n) is 9.61. The van der Waals surface area contributed by atoms with Gasteiger partial charge in [-0.05, 0) is 67.3 Å². The van der Waals surface area contributed by atoms with Crippen LogP contribution >= 0.6 is 11.8 Å². The summed E-state index contributed by atoms with van der Waals surface area (Å²) in [7, 11) is -3.70. The van der Waals surface area contributed by atoms with Crippen LogP contribution in [0.25, 0.3) is 0 Å². The van der Waals surface area contributed by atoms with E-state index in [-0.39, 0.29) is 23.5 Å². The normalized spacial score (nSPS) is 12.1. The summed E-state index contributed by atoms with van der Waals surface area (Å²) in [5.41, 5.74) is 1.49. The number of hydrogen-bond acceptors (Lipinski definition) is 5. The van der Waals surface area contributed by atoms with Gasteiger partial charge in [-0.2, -0.15) is 0 Å². The minimum absolute atomic E-state index is 0.107. The second kappa shape index (κ2) is 10.4. The molecule has 3 aromatic carbocycles. The molecule has 162 valence electrons. The Kier molecular flexibility index (Phi) is 7.59. The zero-order valence-corrected chi connectivity index (χ0v) is 18.9. The molecule has 6 nitrogen and oxygen atoms in total. The lowest BCUT2D eigenvalue weighted by Crippen LogP contribution is -2.31. The van der Waals surface area contributed by atoms with E-state index in [9.17, 15) is 13.2 Å². The van der Waals surface area contributed by atoms with Crippen molar-refractivity contribution in [3.8, 4) is 5.75 Å². The zero-order valence-electron chi connectivity index (χ0n) is 17.2. The number of para-hydroxylation sites is 1. The van der Waals surface area contributed by atoms with Crippen molar-refractivity contribution >= 4 is 33.4 Å². The Morgan fingerprint density at radius 3 is 2.23 bits per heavy atom. The van der Waals surface area contributed by atoms with E-state index in [0.29, 0.717) is 11.4 Å². The number of thioether (sulfide) groups is 1. The molecule has 3 aromatic rings. The maximum Gasteiger partial charge on any atom is 0.261 e. The number of sulfonamides is 1. The molecule has 2 N–H and O–H groups in total. The van der Waals surface area contributed by atoms with Crippen molar-refractivity contribution in [3.63, 3.8) is 0 Å². The highest BCUT2D eigenvalue weighted by Crippen LogP contribution is 2.20. The summed E-state index contributed by atoms with van der Waals surface area (Å²) in [5.74, 6) is 0.148. The highest BCUT2D eigenvalue weighted by Gasteiger charge is 2.15. The Labute approximate surface area is 187 Å². The van der Waals surface area contributed by atoms with Gasteiger partial charge in [0.05, 0.1) is 10.9 Å². The van der Waals surface area contributed by atoms with Crippen molar-refractivity contribution in [2.45, 2.75) is 22.8 Å². The Bertz CT molecular complexity index is 1100. The number of anilines is 1. The van der Waals surface area contributed by atoms with Crippen LogP contribution < -0.4 is 14.8 Å². The van der Waals surface area contributed by atoms with Gasteiger partial charge >= 0.3 is 0 Å². The summed E-state index contributed by atoms with van der Waals surface area (Å²) in [6.45, 7) is 1.74. The van der Waals surface area contributed by atoms with Crippen LogP contribution in [-0.4, -0.2) is 27.2 Å². The maximum absolute atomic E-state index is 12.5. The molecule has 0 aliphatic heterocycles. The number of ether oxygens (including phenoxy) is 1. The lowest BCUT2D eigenvalue weighted by Gasteiger charge is -2.15. The second-order valence-corrected chi connectivity index (χ2v) is 9.36. The van der Waals surface area contributed by atoms with E-state index in [4.69, 9.17) is 4.74 Å². The number of nitrogens with one attached hydrogen (secondary N) is 2. The first-order valence-corrected chi connectivity index (χ1v) is 12.3. The molecule has 1 amide bonds. The predicted molar refractivity (Wildman–Crippen MR) is 124 cm³/mol. The smallest absolute Gasteiger partial charge is 0.261 e. The molecule has 0 aliphatic rings. The van der Waals surface area contributed by atoms with Crippen LogP contribution in [0.5, 0.6) is 5.75 Å². The average Bonchev–Trinajstić information content (AvgIpc) is 2.78. The van der Waals surface area contributed by atoms with Crippen molar-refractivity contribution in [1.29, 1.82) is 0 Å². The van der Waals surface area contributed by atoms with Gasteiger partial charge in [0.25, 0.3) is 15.9 Å². The van der Waals surface area contributed by atoms with E-state index in [1.54, 1.807) is 36.0 Å². The monoisotopic (exact) mass is 456 g/mol. The molecule has 31 heavy (non-hydrogen) atoms. The lowest BCUT2D eigenvalue weighted by atomic mass is 10.1. The molecule has 1 atom stereocenters. The molecule has 0 aromatic heterocycles. The Balaban J connectivity index is 1.53. The topological polar surface area (TPSA) is 84.5 Å². The van der Waals surface area contributed by atoms with E-state index < -0.39 is 10.0 Å². The van der Waals surface area contributed by atoms with Crippen molar-refractivity contribution in [3.05, 3.63) is 84.4 Å². The van der Waals surface area contributed by atoms with Gasteiger partial charge in [-0.3, -0.25) is 9.52 Å². The third-order valence-electron chi connectivity index (χ3n) is 4.52. The number of benzene rings is 3. The van der Waals surface area contributed by atoms with Crippen LogP contribution in [0.3, 0.4) is 0 Å². The maximum atomic E-state index is 12.5. The summed E-state index contributed by atoms with van der Waals surface area (Å²) in [6, 6.07) is 22.4. The average molecular weight is 457 g/mol. The fourth-order valence-electron chi connectivity index (χ4n) is 2.84. The van der Waals surface area contributed by atoms with Crippen molar-refractivity contribution in [2.75, 3.05) is 17.6 Å². The van der Waals surface area contributed by atoms with Gasteiger partial charge in [0.15, 0.2) is 6.61 Å². The molecule has 0 heterocycles. The van der Waals surface area contributed by atoms with Crippen LogP contribution in [0, 0.1) is 0 Å². The van der Waals surface area contributed by atoms with Crippen molar-refractivity contribution in [2.24, 2.45) is 0 Å². The highest BCUT2D eigenvalue weighted by atomic mass is 32.2. The number of hydrogen-bond donors (Lipinski definition) is 2. The van der Waals surface area contributed by atoms with Gasteiger partial charge in [0.2, 0.25) is 0 Å². The van der Waals surface area contributed by atoms with Crippen LogP contribution in [0.1, 0.15) is 18.5 Å². The van der Waals surface area contributed by atoms with Crippen LogP contribution in [0.15, 0.2) is 88.7 Å². The molecular formula is C23H24N2O4S2. The Hall–Kier alpha value is -2.97. The fourth-order valence-corrected chi connectivity index (χ4v) is 4.31. The third kappa shape index (κ3) is 6.50. The second-order valence-electron chi connectivity index (χ2n) is 6.79. The highest BCUT2D eigenvalue weighted by molar-refractivity contribution is 7.98. The molecule has 0 fully saturated rings. The van der Waals surface area contributed by atoms with Gasteiger partial charge in [0.1, 0.15) is 5.75 Å². The van der Waals surface area contributed by atoms with Gasteiger partial charge < -0.3 is 10.1 Å². The van der Waals surface area contributed by atoms with E-state index in [0.717, 1.165) is 10.5 Å². The van der Waals surface area contributed by atoms with Crippen LogP contribution in [0.2, 0.25) is 0 Å². The summed E-state index contributed by atoms with van der Waals surface area (Å²) in [4.78, 5) is 13.5. The van der Waals surface area contributed by atoms with E-state index in [2.05, 4.69) is 10.0 Å². The molecule has 0 saturated carbocycles. The number of rotatable bonds is 9. The summed E-state index contributed by atoms with van der Waals surface area (Å²) in [6.07, 6.45) is 2.01. The molecule has 0 unspecified atom stereocenters. The summed E-state index contributed by atoms with van der Waals surface area (Å²) >= 11 is 1.66. The Morgan fingerprint density at radius 2 is 1.61 bits per heavy atom. The molecule has 0 spiro atoms. The molecule has 0 bridgehead atoms. The standard InChI is InChI=1S/C23H24N2O4S2/c1-17(18-8-12-21(30-2)13-9-18)24-23(26)16-29-20-10-14-22(15-11-20)31(27,28)25-19-6-4-3-5-7-19/h3-15,17,25H,16H2,1-2H3,(H,24,26)/t17-/m1/s1. The van der Waals surface area contributed by atoms with Crippen LogP contribution in [-0.2, 0) is 14.8 Å². The minimum Gasteiger partial charge on any atom is -0.484 e. The molecule has 8 heteroatoms. The van der Waals surface area contributed by atoms with Gasteiger partial charge in [0, 0.05) is 10.6 Å². The largest absolute Gasteiger partial charge is 0.484 e.